The Labute approximate surface area is 174 Å². The summed E-state index contributed by atoms with van der Waals surface area (Å²) in [7, 11) is 1.54. The molecular weight excluding hydrogens is 388 g/mol. The van der Waals surface area contributed by atoms with Crippen molar-refractivity contribution < 1.29 is 9.59 Å². The smallest absolute Gasteiger partial charge is 0.252 e. The van der Waals surface area contributed by atoms with E-state index in [0.717, 1.165) is 16.8 Å². The van der Waals surface area contributed by atoms with E-state index in [-0.39, 0.29) is 18.2 Å². The van der Waals surface area contributed by atoms with E-state index in [1.807, 2.05) is 43.3 Å². The number of aromatic nitrogens is 1. The Kier molecular flexibility index (Phi) is 6.46. The van der Waals surface area contributed by atoms with Crippen LogP contribution in [0.4, 0.5) is 17.2 Å². The zero-order valence-electron chi connectivity index (χ0n) is 16.1. The molecule has 3 aromatic rings. The summed E-state index contributed by atoms with van der Waals surface area (Å²) in [5.41, 5.74) is 3.35. The predicted octanol–water partition coefficient (Wildman–Crippen LogP) is 4.33. The molecule has 0 aliphatic rings. The van der Waals surface area contributed by atoms with Gasteiger partial charge in [-0.05, 0) is 36.2 Å². The summed E-state index contributed by atoms with van der Waals surface area (Å²) in [5.74, 6) is -0.109. The first-order valence-electron chi connectivity index (χ1n) is 9.06. The SMILES string of the molecule is CNC(=O)c1cnc(Nc2ccccc2C)c(NC(=O)Cc2ccccc2Cl)c1. The number of anilines is 3. The molecule has 1 aromatic heterocycles. The molecule has 0 fully saturated rings. The zero-order valence-corrected chi connectivity index (χ0v) is 16.9. The summed E-state index contributed by atoms with van der Waals surface area (Å²) in [6, 6.07) is 16.5. The van der Waals surface area contributed by atoms with Gasteiger partial charge in [0, 0.05) is 24.0 Å². The monoisotopic (exact) mass is 408 g/mol. The number of hydrogen-bond acceptors (Lipinski definition) is 4. The number of hydrogen-bond donors (Lipinski definition) is 3. The molecule has 0 atom stereocenters. The van der Waals surface area contributed by atoms with Gasteiger partial charge < -0.3 is 16.0 Å². The van der Waals surface area contributed by atoms with Gasteiger partial charge in [-0.1, -0.05) is 48.0 Å². The molecular formula is C22H21ClN4O2. The van der Waals surface area contributed by atoms with Gasteiger partial charge in [0.1, 0.15) is 0 Å². The van der Waals surface area contributed by atoms with Crippen LogP contribution in [0.1, 0.15) is 21.5 Å². The highest BCUT2D eigenvalue weighted by Crippen LogP contribution is 2.26. The number of nitrogens with one attached hydrogen (secondary N) is 3. The van der Waals surface area contributed by atoms with E-state index in [1.165, 1.54) is 13.2 Å². The lowest BCUT2D eigenvalue weighted by Crippen LogP contribution is -2.20. The standard InChI is InChI=1S/C22H21ClN4O2/c1-14-7-3-6-10-18(14)27-21-19(11-16(13-25-21)22(29)24-2)26-20(28)12-15-8-4-5-9-17(15)23/h3-11,13H,12H2,1-2H3,(H,24,29)(H,25,27)(H,26,28). The largest absolute Gasteiger partial charge is 0.355 e. The van der Waals surface area contributed by atoms with Crippen LogP contribution in [0.25, 0.3) is 0 Å². The van der Waals surface area contributed by atoms with E-state index in [4.69, 9.17) is 11.6 Å². The average Bonchev–Trinajstić information content (AvgIpc) is 2.72. The van der Waals surface area contributed by atoms with Crippen molar-refractivity contribution in [1.29, 1.82) is 0 Å². The summed E-state index contributed by atoms with van der Waals surface area (Å²) < 4.78 is 0. The average molecular weight is 409 g/mol. The summed E-state index contributed by atoms with van der Waals surface area (Å²) >= 11 is 6.16. The minimum atomic E-state index is -0.290. The van der Waals surface area contributed by atoms with Gasteiger partial charge in [0.25, 0.3) is 5.91 Å². The predicted molar refractivity (Wildman–Crippen MR) is 116 cm³/mol. The van der Waals surface area contributed by atoms with Crippen LogP contribution in [0.2, 0.25) is 5.02 Å². The van der Waals surface area contributed by atoms with Crippen LogP contribution in [0, 0.1) is 6.92 Å². The van der Waals surface area contributed by atoms with Gasteiger partial charge in [0.15, 0.2) is 5.82 Å². The Morgan fingerprint density at radius 1 is 1.03 bits per heavy atom. The number of carbonyl (C=O) groups excluding carboxylic acids is 2. The van der Waals surface area contributed by atoms with Gasteiger partial charge in [-0.3, -0.25) is 9.59 Å². The van der Waals surface area contributed by atoms with Crippen molar-refractivity contribution in [3.63, 3.8) is 0 Å². The Morgan fingerprint density at radius 3 is 2.48 bits per heavy atom. The molecule has 0 spiro atoms. The molecule has 29 heavy (non-hydrogen) atoms. The maximum atomic E-state index is 12.6. The minimum absolute atomic E-state index is 0.105. The number of halogens is 1. The third kappa shape index (κ3) is 5.12. The number of pyridine rings is 1. The molecule has 1 heterocycles. The summed E-state index contributed by atoms with van der Waals surface area (Å²) in [4.78, 5) is 29.0. The third-order valence-corrected chi connectivity index (χ3v) is 4.73. The number of benzene rings is 2. The first-order valence-corrected chi connectivity index (χ1v) is 9.43. The molecule has 3 N–H and O–H groups in total. The maximum absolute atomic E-state index is 12.6. The fourth-order valence-corrected chi connectivity index (χ4v) is 2.98. The van der Waals surface area contributed by atoms with Crippen LogP contribution in [0.15, 0.2) is 60.8 Å². The Morgan fingerprint density at radius 2 is 1.76 bits per heavy atom. The fourth-order valence-electron chi connectivity index (χ4n) is 2.78. The number of nitrogens with zero attached hydrogens (tertiary/aromatic N) is 1. The van der Waals surface area contributed by atoms with Crippen LogP contribution < -0.4 is 16.0 Å². The van der Waals surface area contributed by atoms with Gasteiger partial charge in [0.2, 0.25) is 5.91 Å². The van der Waals surface area contributed by atoms with E-state index in [0.29, 0.717) is 22.1 Å². The molecule has 0 aliphatic heterocycles. The molecule has 0 radical (unpaired) electrons. The molecule has 2 amide bonds. The molecule has 0 aliphatic carbocycles. The van der Waals surface area contributed by atoms with Gasteiger partial charge in [0.05, 0.1) is 17.7 Å². The Bertz CT molecular complexity index is 1050. The van der Waals surface area contributed by atoms with E-state index < -0.39 is 0 Å². The normalized spacial score (nSPS) is 10.3. The van der Waals surface area contributed by atoms with Crippen molar-refractivity contribution in [3.8, 4) is 0 Å². The number of para-hydroxylation sites is 1. The Balaban J connectivity index is 1.89. The molecule has 0 bridgehead atoms. The van der Waals surface area contributed by atoms with Crippen molar-refractivity contribution in [2.24, 2.45) is 0 Å². The topological polar surface area (TPSA) is 83.1 Å². The number of amides is 2. The maximum Gasteiger partial charge on any atom is 0.252 e. The third-order valence-electron chi connectivity index (χ3n) is 4.36. The highest BCUT2D eigenvalue weighted by Gasteiger charge is 2.14. The molecule has 7 heteroatoms. The van der Waals surface area contributed by atoms with E-state index in [1.54, 1.807) is 18.2 Å². The number of rotatable bonds is 6. The second kappa shape index (κ2) is 9.21. The van der Waals surface area contributed by atoms with Gasteiger partial charge >= 0.3 is 0 Å². The first kappa shape index (κ1) is 20.4. The number of carbonyl (C=O) groups is 2. The van der Waals surface area contributed by atoms with E-state index in [2.05, 4.69) is 20.9 Å². The summed E-state index contributed by atoms with van der Waals surface area (Å²) in [6.45, 7) is 1.97. The number of aryl methyl sites for hydroxylation is 1. The van der Waals surface area contributed by atoms with Gasteiger partial charge in [-0.15, -0.1) is 0 Å². The quantitative estimate of drug-likeness (QED) is 0.567. The van der Waals surface area contributed by atoms with Crippen LogP contribution in [0.5, 0.6) is 0 Å². The second-order valence-electron chi connectivity index (χ2n) is 6.46. The molecule has 0 unspecified atom stereocenters. The highest BCUT2D eigenvalue weighted by atomic mass is 35.5. The van der Waals surface area contributed by atoms with Crippen LogP contribution in [-0.2, 0) is 11.2 Å². The molecule has 2 aromatic carbocycles. The second-order valence-corrected chi connectivity index (χ2v) is 6.86. The molecule has 6 nitrogen and oxygen atoms in total. The van der Waals surface area contributed by atoms with Gasteiger partial charge in [-0.2, -0.15) is 0 Å². The molecule has 0 saturated heterocycles. The fraction of sp³-hybridized carbons (Fsp3) is 0.136. The van der Waals surface area contributed by atoms with Crippen LogP contribution in [0.3, 0.4) is 0 Å². The van der Waals surface area contributed by atoms with E-state index in [9.17, 15) is 9.59 Å². The van der Waals surface area contributed by atoms with Crippen molar-refractivity contribution in [1.82, 2.24) is 10.3 Å². The lowest BCUT2D eigenvalue weighted by molar-refractivity contribution is -0.115. The molecule has 0 saturated carbocycles. The van der Waals surface area contributed by atoms with Crippen molar-refractivity contribution >= 4 is 40.6 Å². The lowest BCUT2D eigenvalue weighted by atomic mass is 10.1. The minimum Gasteiger partial charge on any atom is -0.355 e. The van der Waals surface area contributed by atoms with Crippen molar-refractivity contribution in [2.45, 2.75) is 13.3 Å². The summed E-state index contributed by atoms with van der Waals surface area (Å²) in [5, 5.41) is 9.15. The van der Waals surface area contributed by atoms with Crippen LogP contribution >= 0.6 is 11.6 Å². The highest BCUT2D eigenvalue weighted by molar-refractivity contribution is 6.31. The molecule has 148 valence electrons. The molecule has 3 rings (SSSR count). The lowest BCUT2D eigenvalue weighted by Gasteiger charge is -2.15. The van der Waals surface area contributed by atoms with Gasteiger partial charge in [-0.25, -0.2) is 4.98 Å². The zero-order chi connectivity index (χ0) is 20.8. The Hall–Kier alpha value is -3.38. The van der Waals surface area contributed by atoms with Crippen molar-refractivity contribution in [2.75, 3.05) is 17.7 Å². The summed E-state index contributed by atoms with van der Waals surface area (Å²) in [6.07, 6.45) is 1.57. The van der Waals surface area contributed by atoms with E-state index >= 15 is 0 Å². The van der Waals surface area contributed by atoms with Crippen LogP contribution in [-0.4, -0.2) is 23.8 Å². The first-order chi connectivity index (χ1) is 14.0. The van der Waals surface area contributed by atoms with Crippen molar-refractivity contribution in [3.05, 3.63) is 82.5 Å².